The minimum atomic E-state index is -0.455. The molecule has 0 saturated carbocycles. The van der Waals surface area contributed by atoms with Gasteiger partial charge in [0.25, 0.3) is 5.69 Å². The van der Waals surface area contributed by atoms with Gasteiger partial charge in [-0.15, -0.1) is 0 Å². The summed E-state index contributed by atoms with van der Waals surface area (Å²) in [6.07, 6.45) is -0.424. The van der Waals surface area contributed by atoms with Crippen LogP contribution in [0.15, 0.2) is 54.6 Å². The van der Waals surface area contributed by atoms with Crippen LogP contribution in [0, 0.1) is 10.1 Å². The summed E-state index contributed by atoms with van der Waals surface area (Å²) < 4.78 is 5.29. The van der Waals surface area contributed by atoms with Gasteiger partial charge in [-0.3, -0.25) is 10.1 Å². The Bertz CT molecular complexity index is 658. The van der Waals surface area contributed by atoms with E-state index in [0.717, 1.165) is 0 Å². The van der Waals surface area contributed by atoms with Gasteiger partial charge in [-0.2, -0.15) is 0 Å². The summed E-state index contributed by atoms with van der Waals surface area (Å²) in [4.78, 5) is 22.3. The van der Waals surface area contributed by atoms with Crippen LogP contribution < -0.4 is 5.32 Å². The van der Waals surface area contributed by atoms with Gasteiger partial charge in [-0.1, -0.05) is 30.3 Å². The highest BCUT2D eigenvalue weighted by atomic mass is 16.6. The number of anilines is 1. The molecule has 0 saturated heterocycles. The van der Waals surface area contributed by atoms with E-state index >= 15 is 0 Å². The number of hydrogen-bond donors (Lipinski definition) is 1. The van der Waals surface area contributed by atoms with Gasteiger partial charge in [-0.25, -0.2) is 4.79 Å². The van der Waals surface area contributed by atoms with E-state index in [2.05, 4.69) is 5.32 Å². The number of nitro groups is 1. The highest BCUT2D eigenvalue weighted by molar-refractivity contribution is 5.89. The Balaban J connectivity index is 1.92. The molecule has 0 fully saturated rings. The molecule has 0 aliphatic rings. The number of carbonyl (C=O) groups is 1. The van der Waals surface area contributed by atoms with Crippen molar-refractivity contribution in [2.75, 3.05) is 11.9 Å². The Kier molecular flexibility index (Phi) is 5.08. The van der Waals surface area contributed by atoms with Crippen LogP contribution in [0.25, 0.3) is 0 Å². The number of nitrogens with one attached hydrogen (secondary N) is 1. The molecule has 1 N–H and O–H groups in total. The van der Waals surface area contributed by atoms with Gasteiger partial charge in [0.15, 0.2) is 0 Å². The monoisotopic (exact) mass is 300 g/mol. The molecule has 6 nitrogen and oxygen atoms in total. The Labute approximate surface area is 127 Å². The molecule has 0 amide bonds. The molecule has 22 heavy (non-hydrogen) atoms. The van der Waals surface area contributed by atoms with Gasteiger partial charge in [0.1, 0.15) is 11.8 Å². The molecule has 0 bridgehead atoms. The zero-order chi connectivity index (χ0) is 15.9. The third kappa shape index (κ3) is 4.05. The van der Waals surface area contributed by atoms with Crippen molar-refractivity contribution in [2.24, 2.45) is 0 Å². The largest absolute Gasteiger partial charge is 0.457 e. The van der Waals surface area contributed by atoms with E-state index < -0.39 is 17.0 Å². The van der Waals surface area contributed by atoms with Crippen molar-refractivity contribution in [1.29, 1.82) is 0 Å². The lowest BCUT2D eigenvalue weighted by molar-refractivity contribution is -0.384. The van der Waals surface area contributed by atoms with E-state index in [-0.39, 0.29) is 12.2 Å². The second-order valence-electron chi connectivity index (χ2n) is 4.74. The van der Waals surface area contributed by atoms with Gasteiger partial charge in [0.05, 0.1) is 17.0 Å². The van der Waals surface area contributed by atoms with E-state index in [0.29, 0.717) is 11.3 Å². The lowest BCUT2D eigenvalue weighted by Crippen LogP contribution is -2.23. The molecule has 1 atom stereocenters. The van der Waals surface area contributed by atoms with E-state index in [1.807, 2.05) is 6.07 Å². The van der Waals surface area contributed by atoms with Gasteiger partial charge in [-0.05, 0) is 25.1 Å². The normalized spacial score (nSPS) is 11.5. The van der Waals surface area contributed by atoms with Gasteiger partial charge < -0.3 is 10.1 Å². The minimum absolute atomic E-state index is 0.0101. The Morgan fingerprint density at radius 3 is 2.50 bits per heavy atom. The lowest BCUT2D eigenvalue weighted by atomic mass is 10.2. The minimum Gasteiger partial charge on any atom is -0.457 e. The van der Waals surface area contributed by atoms with Crippen molar-refractivity contribution >= 4 is 17.3 Å². The summed E-state index contributed by atoms with van der Waals surface area (Å²) in [6.45, 7) is 2.01. The summed E-state index contributed by atoms with van der Waals surface area (Å²) in [5.41, 5.74) is 0.860. The first kappa shape index (κ1) is 15.5. The number of carbonyl (C=O) groups excluding carboxylic acids is 1. The number of ether oxygens (including phenoxy) is 1. The Hall–Kier alpha value is -2.89. The molecule has 114 valence electrons. The van der Waals surface area contributed by atoms with Crippen LogP contribution in [-0.2, 0) is 4.74 Å². The number of rotatable bonds is 6. The fourth-order valence-corrected chi connectivity index (χ4v) is 1.90. The van der Waals surface area contributed by atoms with Crippen molar-refractivity contribution in [3.63, 3.8) is 0 Å². The zero-order valence-electron chi connectivity index (χ0n) is 12.1. The van der Waals surface area contributed by atoms with E-state index in [1.165, 1.54) is 6.07 Å². The van der Waals surface area contributed by atoms with Crippen LogP contribution in [0.3, 0.4) is 0 Å². The number of hydrogen-bond acceptors (Lipinski definition) is 5. The third-order valence-corrected chi connectivity index (χ3v) is 3.00. The summed E-state index contributed by atoms with van der Waals surface area (Å²) >= 11 is 0. The maximum Gasteiger partial charge on any atom is 0.338 e. The number of nitro benzene ring substituents is 1. The van der Waals surface area contributed by atoms with Crippen molar-refractivity contribution in [3.8, 4) is 0 Å². The molecule has 0 heterocycles. The molecule has 6 heteroatoms. The van der Waals surface area contributed by atoms with Crippen molar-refractivity contribution in [3.05, 3.63) is 70.3 Å². The third-order valence-electron chi connectivity index (χ3n) is 3.00. The van der Waals surface area contributed by atoms with Crippen LogP contribution in [0.2, 0.25) is 0 Å². The van der Waals surface area contributed by atoms with E-state index in [4.69, 9.17) is 4.74 Å². The van der Waals surface area contributed by atoms with Crippen LogP contribution in [-0.4, -0.2) is 23.5 Å². The topological polar surface area (TPSA) is 81.5 Å². The molecular formula is C16H16N2O4. The van der Waals surface area contributed by atoms with Gasteiger partial charge in [0.2, 0.25) is 0 Å². The molecule has 0 aromatic heterocycles. The first-order valence-electron chi connectivity index (χ1n) is 6.81. The summed E-state index contributed by atoms with van der Waals surface area (Å²) in [5.74, 6) is -0.419. The van der Waals surface area contributed by atoms with Crippen molar-refractivity contribution in [1.82, 2.24) is 0 Å². The Morgan fingerprint density at radius 2 is 1.82 bits per heavy atom. The summed E-state index contributed by atoms with van der Waals surface area (Å²) in [5, 5.41) is 13.8. The predicted octanol–water partition coefficient (Wildman–Crippen LogP) is 3.25. The highest BCUT2D eigenvalue weighted by Gasteiger charge is 2.15. The average molecular weight is 300 g/mol. The SMILES string of the molecule is CC(CNc1ccccc1[N+](=O)[O-])OC(=O)c1ccccc1. The first-order valence-corrected chi connectivity index (χ1v) is 6.81. The standard InChI is InChI=1S/C16H16N2O4/c1-12(22-16(19)13-7-3-2-4-8-13)11-17-14-9-5-6-10-15(14)18(20)21/h2-10,12,17H,11H2,1H3. The van der Waals surface area contributed by atoms with Crippen molar-refractivity contribution < 1.29 is 14.5 Å². The van der Waals surface area contributed by atoms with Crippen LogP contribution >= 0.6 is 0 Å². The van der Waals surface area contributed by atoms with Crippen LogP contribution in [0.4, 0.5) is 11.4 Å². The molecule has 0 radical (unpaired) electrons. The molecule has 2 aromatic rings. The molecule has 0 aliphatic carbocycles. The van der Waals surface area contributed by atoms with Gasteiger partial charge in [0, 0.05) is 6.07 Å². The quantitative estimate of drug-likeness (QED) is 0.503. The fraction of sp³-hybridized carbons (Fsp3) is 0.188. The van der Waals surface area contributed by atoms with Crippen LogP contribution in [0.1, 0.15) is 17.3 Å². The fourth-order valence-electron chi connectivity index (χ4n) is 1.90. The molecule has 2 aromatic carbocycles. The van der Waals surface area contributed by atoms with Crippen molar-refractivity contribution in [2.45, 2.75) is 13.0 Å². The van der Waals surface area contributed by atoms with E-state index in [1.54, 1.807) is 49.4 Å². The van der Waals surface area contributed by atoms with E-state index in [9.17, 15) is 14.9 Å². The average Bonchev–Trinajstić information content (AvgIpc) is 2.54. The first-order chi connectivity index (χ1) is 10.6. The zero-order valence-corrected chi connectivity index (χ0v) is 12.1. The maximum absolute atomic E-state index is 11.9. The van der Waals surface area contributed by atoms with Gasteiger partial charge >= 0.3 is 5.97 Å². The number of esters is 1. The summed E-state index contributed by atoms with van der Waals surface area (Å²) in [6, 6.07) is 15.0. The van der Waals surface area contributed by atoms with Crippen LogP contribution in [0.5, 0.6) is 0 Å². The number of benzene rings is 2. The second-order valence-corrected chi connectivity index (χ2v) is 4.74. The molecule has 1 unspecified atom stereocenters. The highest BCUT2D eigenvalue weighted by Crippen LogP contribution is 2.23. The number of nitrogens with zero attached hydrogens (tertiary/aromatic N) is 1. The smallest absolute Gasteiger partial charge is 0.338 e. The molecule has 0 spiro atoms. The lowest BCUT2D eigenvalue weighted by Gasteiger charge is -2.15. The molecule has 0 aliphatic heterocycles. The molecular weight excluding hydrogens is 284 g/mol. The number of para-hydroxylation sites is 2. The predicted molar refractivity (Wildman–Crippen MR) is 82.9 cm³/mol. The maximum atomic E-state index is 11.9. The Morgan fingerprint density at radius 1 is 1.18 bits per heavy atom. The summed E-state index contributed by atoms with van der Waals surface area (Å²) in [7, 11) is 0. The molecule has 2 rings (SSSR count). The second kappa shape index (κ2) is 7.21.